The fraction of sp³-hybridized carbons (Fsp3) is 0.250. The van der Waals surface area contributed by atoms with E-state index >= 15 is 0 Å². The molecule has 0 radical (unpaired) electrons. The third-order valence-electron chi connectivity index (χ3n) is 2.76. The zero-order valence-electron chi connectivity index (χ0n) is 9.71. The smallest absolute Gasteiger partial charge is 0.187 e. The Morgan fingerprint density at radius 3 is 2.59 bits per heavy atom. The molecule has 0 unspecified atom stereocenters. The molecule has 0 atom stereocenters. The summed E-state index contributed by atoms with van der Waals surface area (Å²) in [6.07, 6.45) is 1.06. The van der Waals surface area contributed by atoms with Gasteiger partial charge in [-0.2, -0.15) is 9.61 Å². The molecule has 0 amide bonds. The van der Waals surface area contributed by atoms with Gasteiger partial charge >= 0.3 is 0 Å². The number of nitrogens with zero attached hydrogens (tertiary/aromatic N) is 4. The standard InChI is InChI=1S/C12H12N4S/c1-3-9-4-6-10(7-5-9)11-15-16-8(2)13-14-12(16)17-11/h4-7H,3H2,1-2H3. The number of rotatable bonds is 2. The number of benzene rings is 1. The summed E-state index contributed by atoms with van der Waals surface area (Å²) < 4.78 is 1.79. The predicted octanol–water partition coefficient (Wildman–Crippen LogP) is 2.72. The van der Waals surface area contributed by atoms with Crippen molar-refractivity contribution in [3.63, 3.8) is 0 Å². The monoisotopic (exact) mass is 244 g/mol. The highest BCUT2D eigenvalue weighted by atomic mass is 32.1. The van der Waals surface area contributed by atoms with E-state index in [9.17, 15) is 0 Å². The summed E-state index contributed by atoms with van der Waals surface area (Å²) in [6.45, 7) is 4.06. The zero-order valence-corrected chi connectivity index (χ0v) is 10.5. The van der Waals surface area contributed by atoms with E-state index in [2.05, 4.69) is 46.5 Å². The second-order valence-electron chi connectivity index (χ2n) is 3.90. The van der Waals surface area contributed by atoms with E-state index in [-0.39, 0.29) is 0 Å². The zero-order chi connectivity index (χ0) is 11.8. The van der Waals surface area contributed by atoms with Crippen LogP contribution in [0.3, 0.4) is 0 Å². The average molecular weight is 244 g/mol. The minimum absolute atomic E-state index is 0.827. The number of hydrogen-bond acceptors (Lipinski definition) is 4. The Hall–Kier alpha value is -1.75. The molecule has 3 aromatic rings. The molecule has 0 spiro atoms. The van der Waals surface area contributed by atoms with Gasteiger partial charge in [-0.1, -0.05) is 42.5 Å². The predicted molar refractivity (Wildman–Crippen MR) is 68.2 cm³/mol. The molecule has 0 N–H and O–H groups in total. The maximum Gasteiger partial charge on any atom is 0.234 e. The molecule has 0 aliphatic carbocycles. The summed E-state index contributed by atoms with van der Waals surface area (Å²) in [5, 5.41) is 13.5. The van der Waals surface area contributed by atoms with Gasteiger partial charge in [-0.15, -0.1) is 10.2 Å². The van der Waals surface area contributed by atoms with Crippen molar-refractivity contribution < 1.29 is 0 Å². The third kappa shape index (κ3) is 1.72. The van der Waals surface area contributed by atoms with Gasteiger partial charge in [-0.05, 0) is 18.9 Å². The first-order chi connectivity index (χ1) is 8.28. The van der Waals surface area contributed by atoms with E-state index in [1.807, 2.05) is 6.92 Å². The number of fused-ring (bicyclic) bond motifs is 1. The van der Waals surface area contributed by atoms with Gasteiger partial charge in [0.2, 0.25) is 4.96 Å². The van der Waals surface area contributed by atoms with Gasteiger partial charge in [0.25, 0.3) is 0 Å². The van der Waals surface area contributed by atoms with Crippen molar-refractivity contribution >= 4 is 16.3 Å². The van der Waals surface area contributed by atoms with Crippen molar-refractivity contribution in [3.8, 4) is 10.6 Å². The Labute approximate surface area is 103 Å². The molecule has 86 valence electrons. The van der Waals surface area contributed by atoms with Crippen LogP contribution in [-0.4, -0.2) is 19.8 Å². The van der Waals surface area contributed by atoms with Crippen molar-refractivity contribution in [1.29, 1.82) is 0 Å². The molecule has 0 bridgehead atoms. The molecule has 2 heterocycles. The maximum atomic E-state index is 4.51. The van der Waals surface area contributed by atoms with Crippen LogP contribution in [-0.2, 0) is 6.42 Å². The number of aryl methyl sites for hydroxylation is 2. The summed E-state index contributed by atoms with van der Waals surface area (Å²) in [5.41, 5.74) is 2.48. The van der Waals surface area contributed by atoms with Gasteiger partial charge < -0.3 is 0 Å². The second-order valence-corrected chi connectivity index (χ2v) is 4.86. The van der Waals surface area contributed by atoms with E-state index in [0.29, 0.717) is 0 Å². The largest absolute Gasteiger partial charge is 0.234 e. The van der Waals surface area contributed by atoms with Gasteiger partial charge in [0, 0.05) is 5.56 Å². The van der Waals surface area contributed by atoms with Crippen molar-refractivity contribution in [3.05, 3.63) is 35.7 Å². The lowest BCUT2D eigenvalue weighted by Gasteiger charge is -1.98. The Balaban J connectivity index is 2.07. The third-order valence-corrected chi connectivity index (χ3v) is 3.70. The van der Waals surface area contributed by atoms with Crippen LogP contribution in [0.5, 0.6) is 0 Å². The number of hydrogen-bond donors (Lipinski definition) is 0. The molecule has 0 aliphatic heterocycles. The lowest BCUT2D eigenvalue weighted by Crippen LogP contribution is -1.88. The summed E-state index contributed by atoms with van der Waals surface area (Å²) in [5.74, 6) is 0.827. The summed E-state index contributed by atoms with van der Waals surface area (Å²) in [4.78, 5) is 0.845. The van der Waals surface area contributed by atoms with Crippen molar-refractivity contribution in [1.82, 2.24) is 19.8 Å². The minimum Gasteiger partial charge on any atom is -0.187 e. The molecule has 17 heavy (non-hydrogen) atoms. The summed E-state index contributed by atoms with van der Waals surface area (Å²) in [6, 6.07) is 8.51. The van der Waals surface area contributed by atoms with Crippen LogP contribution >= 0.6 is 11.3 Å². The van der Waals surface area contributed by atoms with Crippen molar-refractivity contribution in [2.45, 2.75) is 20.3 Å². The highest BCUT2D eigenvalue weighted by Crippen LogP contribution is 2.25. The van der Waals surface area contributed by atoms with E-state index in [0.717, 1.165) is 27.8 Å². The fourth-order valence-corrected chi connectivity index (χ4v) is 2.60. The molecule has 0 saturated heterocycles. The van der Waals surface area contributed by atoms with Gasteiger partial charge in [-0.3, -0.25) is 0 Å². The van der Waals surface area contributed by atoms with Crippen LogP contribution in [0, 0.1) is 6.92 Å². The van der Waals surface area contributed by atoms with Crippen LogP contribution in [0.4, 0.5) is 0 Å². The summed E-state index contributed by atoms with van der Waals surface area (Å²) in [7, 11) is 0. The molecule has 0 aliphatic rings. The van der Waals surface area contributed by atoms with E-state index in [4.69, 9.17) is 0 Å². The molecular formula is C12H12N4S. The molecule has 2 aromatic heterocycles. The molecule has 0 saturated carbocycles. The second kappa shape index (κ2) is 3.92. The quantitative estimate of drug-likeness (QED) is 0.696. The van der Waals surface area contributed by atoms with Gasteiger partial charge in [-0.25, -0.2) is 0 Å². The van der Waals surface area contributed by atoms with Gasteiger partial charge in [0.15, 0.2) is 5.82 Å². The van der Waals surface area contributed by atoms with Crippen LogP contribution < -0.4 is 0 Å². The first-order valence-corrected chi connectivity index (χ1v) is 6.37. The Bertz CT molecular complexity index is 651. The molecule has 5 heteroatoms. The van der Waals surface area contributed by atoms with E-state index < -0.39 is 0 Å². The highest BCUT2D eigenvalue weighted by molar-refractivity contribution is 7.19. The minimum atomic E-state index is 0.827. The van der Waals surface area contributed by atoms with Crippen molar-refractivity contribution in [2.24, 2.45) is 0 Å². The first-order valence-electron chi connectivity index (χ1n) is 5.56. The van der Waals surface area contributed by atoms with Crippen LogP contribution in [0.1, 0.15) is 18.3 Å². The fourth-order valence-electron chi connectivity index (χ4n) is 1.71. The normalized spacial score (nSPS) is 11.2. The van der Waals surface area contributed by atoms with E-state index in [1.54, 1.807) is 15.9 Å². The lowest BCUT2D eigenvalue weighted by molar-refractivity contribution is 0.897. The van der Waals surface area contributed by atoms with Gasteiger partial charge in [0.1, 0.15) is 5.01 Å². The van der Waals surface area contributed by atoms with Crippen LogP contribution in [0.15, 0.2) is 24.3 Å². The molecule has 0 fully saturated rings. The molecule has 4 nitrogen and oxygen atoms in total. The topological polar surface area (TPSA) is 43.1 Å². The molecule has 3 rings (SSSR count). The average Bonchev–Trinajstić information content (AvgIpc) is 2.92. The van der Waals surface area contributed by atoms with Crippen LogP contribution in [0.2, 0.25) is 0 Å². The Kier molecular flexibility index (Phi) is 2.40. The highest BCUT2D eigenvalue weighted by Gasteiger charge is 2.09. The lowest BCUT2D eigenvalue weighted by atomic mass is 10.1. The molecular weight excluding hydrogens is 232 g/mol. The van der Waals surface area contributed by atoms with Gasteiger partial charge in [0.05, 0.1) is 0 Å². The Morgan fingerprint density at radius 2 is 1.94 bits per heavy atom. The SMILES string of the molecule is CCc1ccc(-c2nn3c(C)nnc3s2)cc1. The maximum absolute atomic E-state index is 4.51. The van der Waals surface area contributed by atoms with Crippen molar-refractivity contribution in [2.75, 3.05) is 0 Å². The molecule has 1 aromatic carbocycles. The van der Waals surface area contributed by atoms with E-state index in [1.165, 1.54) is 5.56 Å². The summed E-state index contributed by atoms with van der Waals surface area (Å²) >= 11 is 1.56. The van der Waals surface area contributed by atoms with Crippen LogP contribution in [0.25, 0.3) is 15.5 Å². The Morgan fingerprint density at radius 1 is 1.18 bits per heavy atom. The first kappa shape index (κ1) is 10.4. The number of aromatic nitrogens is 4.